The molecule has 0 amide bonds. The Labute approximate surface area is 126 Å². The second kappa shape index (κ2) is 6.83. The van der Waals surface area contributed by atoms with E-state index >= 15 is 0 Å². The number of carbonyl (C=O) groups excluding carboxylic acids is 2. The van der Waals surface area contributed by atoms with Gasteiger partial charge in [0.25, 0.3) is 10.0 Å². The Morgan fingerprint density at radius 3 is 2.33 bits per heavy atom. The molecule has 1 heterocycles. The third kappa shape index (κ3) is 3.49. The van der Waals surface area contributed by atoms with Crippen LogP contribution in [0.5, 0.6) is 0 Å². The molecule has 0 aliphatic rings. The first-order valence-corrected chi connectivity index (χ1v) is 8.00. The number of hydrogen-bond donors (Lipinski definition) is 1. The standard InChI is InChI=1S/C12H15NO6S2/c1-5-6-13-21(16,17)12-8(10(14)18-3)7(2)9(20-12)11(15)19-4/h5,13H,1,6H2,2-4H3. The fourth-order valence-electron chi connectivity index (χ4n) is 1.54. The quantitative estimate of drug-likeness (QED) is 0.618. The first-order chi connectivity index (χ1) is 9.80. The Bertz CT molecular complexity index is 674. The lowest BCUT2D eigenvalue weighted by Crippen LogP contribution is -2.24. The van der Waals surface area contributed by atoms with Crippen LogP contribution in [0, 0.1) is 6.92 Å². The molecule has 21 heavy (non-hydrogen) atoms. The van der Waals surface area contributed by atoms with Gasteiger partial charge in [0.15, 0.2) is 4.21 Å². The molecule has 0 unspecified atom stereocenters. The minimum Gasteiger partial charge on any atom is -0.465 e. The molecule has 1 rings (SSSR count). The number of rotatable bonds is 6. The van der Waals surface area contributed by atoms with E-state index in [1.165, 1.54) is 20.1 Å². The molecular formula is C12H15NO6S2. The van der Waals surface area contributed by atoms with Gasteiger partial charge in [-0.25, -0.2) is 22.7 Å². The van der Waals surface area contributed by atoms with Crippen molar-refractivity contribution in [2.24, 2.45) is 0 Å². The van der Waals surface area contributed by atoms with Crippen molar-refractivity contribution in [3.05, 3.63) is 28.7 Å². The van der Waals surface area contributed by atoms with Gasteiger partial charge >= 0.3 is 11.9 Å². The van der Waals surface area contributed by atoms with Crippen molar-refractivity contribution in [1.82, 2.24) is 4.72 Å². The number of nitrogens with one attached hydrogen (secondary N) is 1. The van der Waals surface area contributed by atoms with Crippen LogP contribution < -0.4 is 4.72 Å². The molecule has 7 nitrogen and oxygen atoms in total. The largest absolute Gasteiger partial charge is 0.465 e. The van der Waals surface area contributed by atoms with Crippen LogP contribution in [0.2, 0.25) is 0 Å². The molecule has 0 aliphatic heterocycles. The van der Waals surface area contributed by atoms with Crippen molar-refractivity contribution in [3.8, 4) is 0 Å². The number of ether oxygens (including phenoxy) is 2. The molecule has 0 saturated heterocycles. The number of methoxy groups -OCH3 is 2. The summed E-state index contributed by atoms with van der Waals surface area (Å²) in [5, 5.41) is 0. The number of thiophene rings is 1. The Morgan fingerprint density at radius 2 is 1.86 bits per heavy atom. The molecule has 1 aromatic rings. The Hall–Kier alpha value is -1.71. The second-order valence-corrected chi connectivity index (χ2v) is 6.83. The van der Waals surface area contributed by atoms with Crippen LogP contribution in [0.1, 0.15) is 25.6 Å². The molecule has 0 radical (unpaired) electrons. The van der Waals surface area contributed by atoms with E-state index in [0.717, 1.165) is 7.11 Å². The van der Waals surface area contributed by atoms with Crippen LogP contribution >= 0.6 is 11.3 Å². The van der Waals surface area contributed by atoms with Gasteiger partial charge in [-0.2, -0.15) is 0 Å². The van der Waals surface area contributed by atoms with Gasteiger partial charge in [0, 0.05) is 6.54 Å². The van der Waals surface area contributed by atoms with E-state index < -0.39 is 22.0 Å². The topological polar surface area (TPSA) is 98.8 Å². The highest BCUT2D eigenvalue weighted by atomic mass is 32.2. The summed E-state index contributed by atoms with van der Waals surface area (Å²) >= 11 is 0.660. The molecule has 9 heteroatoms. The monoisotopic (exact) mass is 333 g/mol. The van der Waals surface area contributed by atoms with E-state index in [1.54, 1.807) is 0 Å². The van der Waals surface area contributed by atoms with Crippen molar-refractivity contribution in [3.63, 3.8) is 0 Å². The number of sulfonamides is 1. The normalized spacial score (nSPS) is 11.0. The molecule has 0 bridgehead atoms. The third-order valence-corrected chi connectivity index (χ3v) is 5.75. The van der Waals surface area contributed by atoms with Crippen molar-refractivity contribution in [2.75, 3.05) is 20.8 Å². The molecule has 0 aromatic carbocycles. The molecule has 0 saturated carbocycles. The van der Waals surface area contributed by atoms with E-state index in [0.29, 0.717) is 11.3 Å². The SMILES string of the molecule is C=CCNS(=O)(=O)c1sc(C(=O)OC)c(C)c1C(=O)OC. The van der Waals surface area contributed by atoms with Gasteiger partial charge in [0.2, 0.25) is 0 Å². The highest BCUT2D eigenvalue weighted by Gasteiger charge is 2.32. The summed E-state index contributed by atoms with van der Waals surface area (Å²) in [6, 6.07) is 0. The zero-order chi connectivity index (χ0) is 16.2. The van der Waals surface area contributed by atoms with E-state index in [1.807, 2.05) is 0 Å². The summed E-state index contributed by atoms with van der Waals surface area (Å²) in [5.41, 5.74) is 0.0390. The van der Waals surface area contributed by atoms with Gasteiger partial charge in [0.1, 0.15) is 4.88 Å². The summed E-state index contributed by atoms with van der Waals surface area (Å²) in [7, 11) is -1.66. The van der Waals surface area contributed by atoms with Crippen molar-refractivity contribution >= 4 is 33.3 Å². The van der Waals surface area contributed by atoms with Gasteiger partial charge in [-0.05, 0) is 12.5 Å². The molecule has 0 atom stereocenters. The van der Waals surface area contributed by atoms with Crippen LogP contribution in [-0.2, 0) is 19.5 Å². The summed E-state index contributed by atoms with van der Waals surface area (Å²) in [5.74, 6) is -1.55. The van der Waals surface area contributed by atoms with Crippen LogP contribution in [0.15, 0.2) is 16.9 Å². The second-order valence-electron chi connectivity index (χ2n) is 3.84. The first kappa shape index (κ1) is 17.3. The maximum atomic E-state index is 12.2. The van der Waals surface area contributed by atoms with E-state index in [4.69, 9.17) is 0 Å². The lowest BCUT2D eigenvalue weighted by molar-refractivity contribution is 0.0596. The summed E-state index contributed by atoms with van der Waals surface area (Å²) < 4.78 is 35.5. The Kier molecular flexibility index (Phi) is 5.64. The first-order valence-electron chi connectivity index (χ1n) is 5.70. The molecule has 116 valence electrons. The van der Waals surface area contributed by atoms with E-state index in [2.05, 4.69) is 20.8 Å². The fraction of sp³-hybridized carbons (Fsp3) is 0.333. The molecule has 0 fully saturated rings. The summed E-state index contributed by atoms with van der Waals surface area (Å²) in [6.07, 6.45) is 1.36. The third-order valence-electron chi connectivity index (χ3n) is 2.54. The van der Waals surface area contributed by atoms with Gasteiger partial charge < -0.3 is 9.47 Å². The molecule has 1 aromatic heterocycles. The lowest BCUT2D eigenvalue weighted by Gasteiger charge is -2.05. The highest BCUT2D eigenvalue weighted by molar-refractivity contribution is 7.91. The average molecular weight is 333 g/mol. The maximum absolute atomic E-state index is 12.2. The van der Waals surface area contributed by atoms with Crippen LogP contribution in [0.3, 0.4) is 0 Å². The number of carbonyl (C=O) groups is 2. The van der Waals surface area contributed by atoms with E-state index in [9.17, 15) is 18.0 Å². The zero-order valence-electron chi connectivity index (χ0n) is 11.8. The Morgan fingerprint density at radius 1 is 1.29 bits per heavy atom. The van der Waals surface area contributed by atoms with Crippen LogP contribution in [0.25, 0.3) is 0 Å². The minimum absolute atomic E-state index is 0.00650. The van der Waals surface area contributed by atoms with E-state index in [-0.39, 0.29) is 26.8 Å². The molecule has 0 spiro atoms. The van der Waals surface area contributed by atoms with Gasteiger partial charge in [0.05, 0.1) is 19.8 Å². The zero-order valence-corrected chi connectivity index (χ0v) is 13.4. The maximum Gasteiger partial charge on any atom is 0.348 e. The molecular weight excluding hydrogens is 318 g/mol. The average Bonchev–Trinajstić information content (AvgIpc) is 2.82. The smallest absolute Gasteiger partial charge is 0.348 e. The fourth-order valence-corrected chi connectivity index (χ4v) is 4.32. The van der Waals surface area contributed by atoms with Crippen molar-refractivity contribution in [1.29, 1.82) is 0 Å². The molecule has 0 aliphatic carbocycles. The van der Waals surface area contributed by atoms with Crippen LogP contribution in [-0.4, -0.2) is 41.1 Å². The van der Waals surface area contributed by atoms with Crippen molar-refractivity contribution in [2.45, 2.75) is 11.1 Å². The summed E-state index contributed by atoms with van der Waals surface area (Å²) in [4.78, 5) is 23.5. The van der Waals surface area contributed by atoms with Gasteiger partial charge in [-0.15, -0.1) is 17.9 Å². The number of esters is 2. The predicted molar refractivity (Wildman–Crippen MR) is 77.1 cm³/mol. The minimum atomic E-state index is -3.96. The molecule has 1 N–H and O–H groups in total. The van der Waals surface area contributed by atoms with Gasteiger partial charge in [-0.1, -0.05) is 6.08 Å². The predicted octanol–water partition coefficient (Wildman–Crippen LogP) is 1.09. The van der Waals surface area contributed by atoms with Crippen LogP contribution in [0.4, 0.5) is 0 Å². The Balaban J connectivity index is 3.53. The summed E-state index contributed by atoms with van der Waals surface area (Å²) in [6.45, 7) is 4.86. The number of hydrogen-bond acceptors (Lipinski definition) is 7. The highest BCUT2D eigenvalue weighted by Crippen LogP contribution is 2.33. The van der Waals surface area contributed by atoms with Crippen molar-refractivity contribution < 1.29 is 27.5 Å². The van der Waals surface area contributed by atoms with Gasteiger partial charge in [-0.3, -0.25) is 0 Å². The lowest BCUT2D eigenvalue weighted by atomic mass is 10.2.